The first kappa shape index (κ1) is 18.3. The summed E-state index contributed by atoms with van der Waals surface area (Å²) in [7, 11) is 0. The van der Waals surface area contributed by atoms with Gasteiger partial charge in [0.2, 0.25) is 0 Å². The van der Waals surface area contributed by atoms with Gasteiger partial charge < -0.3 is 15.0 Å². The molecule has 1 aliphatic heterocycles. The molecule has 9 heteroatoms. The van der Waals surface area contributed by atoms with E-state index in [1.165, 1.54) is 0 Å². The Balaban J connectivity index is 1.90. The van der Waals surface area contributed by atoms with Gasteiger partial charge in [0, 0.05) is 16.8 Å². The van der Waals surface area contributed by atoms with Gasteiger partial charge in [0.25, 0.3) is 11.5 Å². The highest BCUT2D eigenvalue weighted by atomic mass is 35.5. The molecule has 2 heterocycles. The topological polar surface area (TPSA) is 71.2 Å². The first-order chi connectivity index (χ1) is 12.3. The number of carbonyl (C=O) groups excluding carboxylic acids is 1. The van der Waals surface area contributed by atoms with E-state index >= 15 is 0 Å². The molecule has 0 saturated heterocycles. The van der Waals surface area contributed by atoms with Crippen molar-refractivity contribution in [3.05, 3.63) is 62.5 Å². The van der Waals surface area contributed by atoms with Crippen LogP contribution in [0.5, 0.6) is 5.75 Å². The molecule has 2 N–H and O–H groups in total. The number of H-pyrrole nitrogens is 1. The first-order valence-electron chi connectivity index (χ1n) is 7.79. The maximum Gasteiger partial charge on any atom is 0.417 e. The zero-order chi connectivity index (χ0) is 18.9. The third-order valence-electron chi connectivity index (χ3n) is 4.03. The van der Waals surface area contributed by atoms with Crippen LogP contribution >= 0.6 is 11.6 Å². The van der Waals surface area contributed by atoms with Gasteiger partial charge in [0.15, 0.2) is 0 Å². The number of ether oxygens (including phenoxy) is 1. The molecule has 0 fully saturated rings. The number of pyridine rings is 1. The number of fused-ring (bicyclic) bond motifs is 1. The van der Waals surface area contributed by atoms with E-state index < -0.39 is 34.8 Å². The normalized spacial score (nSPS) is 17.0. The van der Waals surface area contributed by atoms with Gasteiger partial charge in [-0.25, -0.2) is 0 Å². The fourth-order valence-corrected chi connectivity index (χ4v) is 2.91. The number of benzene rings is 1. The zero-order valence-electron chi connectivity index (χ0n) is 13.3. The molecule has 3 rings (SSSR count). The van der Waals surface area contributed by atoms with E-state index in [0.717, 1.165) is 0 Å². The zero-order valence-corrected chi connectivity index (χ0v) is 14.1. The van der Waals surface area contributed by atoms with E-state index in [1.807, 2.05) is 4.98 Å². The van der Waals surface area contributed by atoms with Crippen molar-refractivity contribution in [2.45, 2.75) is 25.1 Å². The van der Waals surface area contributed by atoms with Gasteiger partial charge >= 0.3 is 6.18 Å². The molecule has 5 nitrogen and oxygen atoms in total. The average molecular weight is 387 g/mol. The summed E-state index contributed by atoms with van der Waals surface area (Å²) in [6, 6.07) is 4.96. The number of amides is 1. The van der Waals surface area contributed by atoms with Crippen LogP contribution < -0.4 is 15.6 Å². The van der Waals surface area contributed by atoms with E-state index in [2.05, 4.69) is 5.32 Å². The molecule has 0 bridgehead atoms. The molecule has 0 aliphatic carbocycles. The van der Waals surface area contributed by atoms with Crippen LogP contribution in [0.4, 0.5) is 13.2 Å². The Morgan fingerprint density at radius 1 is 1.31 bits per heavy atom. The van der Waals surface area contributed by atoms with Crippen molar-refractivity contribution in [2.75, 3.05) is 6.61 Å². The molecule has 1 aromatic heterocycles. The lowest BCUT2D eigenvalue weighted by Gasteiger charge is -2.18. The Morgan fingerprint density at radius 3 is 2.81 bits per heavy atom. The molecule has 0 spiro atoms. The Labute approximate surface area is 151 Å². The lowest BCUT2D eigenvalue weighted by molar-refractivity contribution is -0.137. The maximum absolute atomic E-state index is 12.8. The number of hydrogen-bond donors (Lipinski definition) is 2. The maximum atomic E-state index is 12.8. The largest absolute Gasteiger partial charge is 0.493 e. The van der Waals surface area contributed by atoms with E-state index in [-0.39, 0.29) is 0 Å². The minimum Gasteiger partial charge on any atom is -0.493 e. The van der Waals surface area contributed by atoms with Crippen molar-refractivity contribution in [3.63, 3.8) is 0 Å². The molecule has 2 aromatic rings. The molecule has 0 saturated carbocycles. The number of aromatic amines is 1. The molecule has 138 valence electrons. The third-order valence-corrected chi connectivity index (χ3v) is 4.26. The van der Waals surface area contributed by atoms with Gasteiger partial charge in [-0.3, -0.25) is 9.59 Å². The quantitative estimate of drug-likeness (QED) is 0.827. The number of rotatable bonds is 2. The van der Waals surface area contributed by atoms with E-state index in [1.54, 1.807) is 18.2 Å². The lowest BCUT2D eigenvalue weighted by atomic mass is 10.0. The molecule has 1 atom stereocenters. The van der Waals surface area contributed by atoms with E-state index in [0.29, 0.717) is 48.0 Å². The summed E-state index contributed by atoms with van der Waals surface area (Å²) in [4.78, 5) is 26.2. The minimum atomic E-state index is -4.67. The summed E-state index contributed by atoms with van der Waals surface area (Å²) >= 11 is 5.94. The van der Waals surface area contributed by atoms with Gasteiger partial charge in [-0.15, -0.1) is 0 Å². The number of aromatic nitrogens is 1. The summed E-state index contributed by atoms with van der Waals surface area (Å²) in [6.45, 7) is 0.420. The smallest absolute Gasteiger partial charge is 0.417 e. The number of hydrogen-bond acceptors (Lipinski definition) is 3. The number of carbonyl (C=O) groups is 1. The SMILES string of the molecule is O=C(NC1CCCOc2cc(Cl)ccc21)c1cc(C(F)(F)F)c[nH]c1=O. The summed E-state index contributed by atoms with van der Waals surface area (Å²) in [5.74, 6) is -0.386. The Morgan fingerprint density at radius 2 is 2.08 bits per heavy atom. The first-order valence-corrected chi connectivity index (χ1v) is 8.16. The van der Waals surface area contributed by atoms with Crippen LogP contribution in [-0.4, -0.2) is 17.5 Å². The standard InChI is InChI=1S/C17H14ClF3N2O3/c18-10-3-4-11-13(2-1-5-26-14(11)7-10)23-16(25)12-6-9(17(19,20)21)8-22-15(12)24/h3-4,6-8,13H,1-2,5H2,(H,22,24)(H,23,25). The third kappa shape index (κ3) is 3.85. The predicted molar refractivity (Wildman–Crippen MR) is 88.5 cm³/mol. The molecular weight excluding hydrogens is 373 g/mol. The van der Waals surface area contributed by atoms with Crippen molar-refractivity contribution in [1.82, 2.24) is 10.3 Å². The fraction of sp³-hybridized carbons (Fsp3) is 0.294. The van der Waals surface area contributed by atoms with Crippen molar-refractivity contribution < 1.29 is 22.7 Å². The monoisotopic (exact) mass is 386 g/mol. The Kier molecular flexibility index (Phi) is 4.95. The number of alkyl halides is 3. The average Bonchev–Trinajstić information content (AvgIpc) is 2.76. The highest BCUT2D eigenvalue weighted by molar-refractivity contribution is 6.30. The number of halogens is 4. The second-order valence-corrected chi connectivity index (χ2v) is 6.26. The molecule has 26 heavy (non-hydrogen) atoms. The summed E-state index contributed by atoms with van der Waals surface area (Å²) in [5, 5.41) is 3.08. The summed E-state index contributed by atoms with van der Waals surface area (Å²) in [6.07, 6.45) is -3.00. The van der Waals surface area contributed by atoms with Gasteiger partial charge in [0.1, 0.15) is 11.3 Å². The van der Waals surface area contributed by atoms with Crippen LogP contribution in [0.25, 0.3) is 0 Å². The van der Waals surface area contributed by atoms with Crippen molar-refractivity contribution in [2.24, 2.45) is 0 Å². The second-order valence-electron chi connectivity index (χ2n) is 5.83. The van der Waals surface area contributed by atoms with Crippen LogP contribution in [0.3, 0.4) is 0 Å². The fourth-order valence-electron chi connectivity index (χ4n) is 2.75. The molecule has 1 aliphatic rings. The van der Waals surface area contributed by atoms with Crippen molar-refractivity contribution in [1.29, 1.82) is 0 Å². The summed E-state index contributed by atoms with van der Waals surface area (Å²) in [5.41, 5.74) is -1.93. The molecule has 0 radical (unpaired) electrons. The Bertz CT molecular complexity index is 896. The van der Waals surface area contributed by atoms with Gasteiger partial charge in [-0.1, -0.05) is 17.7 Å². The van der Waals surface area contributed by atoms with E-state index in [4.69, 9.17) is 16.3 Å². The number of nitrogens with one attached hydrogen (secondary N) is 2. The van der Waals surface area contributed by atoms with E-state index in [9.17, 15) is 22.8 Å². The van der Waals surface area contributed by atoms with Gasteiger partial charge in [-0.2, -0.15) is 13.2 Å². The van der Waals surface area contributed by atoms with Gasteiger partial charge in [-0.05, 0) is 31.0 Å². The van der Waals surface area contributed by atoms with Crippen LogP contribution in [0.2, 0.25) is 5.02 Å². The van der Waals surface area contributed by atoms with Crippen LogP contribution in [0, 0.1) is 0 Å². The highest BCUT2D eigenvalue weighted by Crippen LogP contribution is 2.34. The molecule has 1 amide bonds. The molecule has 1 aromatic carbocycles. The van der Waals surface area contributed by atoms with Gasteiger partial charge in [0.05, 0.1) is 18.2 Å². The lowest BCUT2D eigenvalue weighted by Crippen LogP contribution is -2.33. The van der Waals surface area contributed by atoms with Crippen LogP contribution in [-0.2, 0) is 6.18 Å². The predicted octanol–water partition coefficient (Wildman–Crippen LogP) is 3.69. The second kappa shape index (κ2) is 7.03. The Hall–Kier alpha value is -2.48. The van der Waals surface area contributed by atoms with Crippen LogP contribution in [0.1, 0.15) is 40.4 Å². The molecule has 1 unspecified atom stereocenters. The molecular formula is C17H14ClF3N2O3. The minimum absolute atomic E-state index is 0.420. The van der Waals surface area contributed by atoms with Crippen LogP contribution in [0.15, 0.2) is 35.3 Å². The van der Waals surface area contributed by atoms with Crippen molar-refractivity contribution in [3.8, 4) is 5.75 Å². The summed E-state index contributed by atoms with van der Waals surface area (Å²) < 4.78 is 44.1. The van der Waals surface area contributed by atoms with Crippen molar-refractivity contribution >= 4 is 17.5 Å². The highest BCUT2D eigenvalue weighted by Gasteiger charge is 2.32.